The highest BCUT2D eigenvalue weighted by atomic mass is 16.6. The maximum Gasteiger partial charge on any atom is 0.363 e. The fourth-order valence-electron chi connectivity index (χ4n) is 2.27. The molecule has 1 aliphatic rings. The highest BCUT2D eigenvalue weighted by Crippen LogP contribution is 2.13. The predicted molar refractivity (Wildman–Crippen MR) is 88.1 cm³/mol. The van der Waals surface area contributed by atoms with Gasteiger partial charge in [0.1, 0.15) is 12.6 Å². The van der Waals surface area contributed by atoms with Gasteiger partial charge in [-0.1, -0.05) is 43.7 Å². The quantitative estimate of drug-likeness (QED) is 0.412. The first-order chi connectivity index (χ1) is 12.1. The van der Waals surface area contributed by atoms with Crippen molar-refractivity contribution in [3.63, 3.8) is 0 Å². The molecular weight excluding hydrogens is 326 g/mol. The van der Waals surface area contributed by atoms with Gasteiger partial charge in [0.15, 0.2) is 0 Å². The molecule has 0 aromatic heterocycles. The van der Waals surface area contributed by atoms with Gasteiger partial charge < -0.3 is 14.2 Å². The van der Waals surface area contributed by atoms with E-state index in [2.05, 4.69) is 5.32 Å². The van der Waals surface area contributed by atoms with Crippen LogP contribution < -0.4 is 5.32 Å². The van der Waals surface area contributed by atoms with Crippen LogP contribution in [0.3, 0.4) is 0 Å². The Morgan fingerprint density at radius 3 is 2.68 bits per heavy atom. The van der Waals surface area contributed by atoms with Crippen molar-refractivity contribution in [1.82, 2.24) is 5.32 Å². The number of rotatable bonds is 9. The third-order valence-electron chi connectivity index (χ3n) is 3.71. The fourth-order valence-corrected chi connectivity index (χ4v) is 2.27. The van der Waals surface area contributed by atoms with Crippen LogP contribution in [0.2, 0.25) is 0 Å². The smallest absolute Gasteiger partial charge is 0.363 e. The molecule has 136 valence electrons. The van der Waals surface area contributed by atoms with E-state index in [1.165, 1.54) is 0 Å². The number of carbonyl (C=O) groups is 3. The molecule has 7 heteroatoms. The van der Waals surface area contributed by atoms with E-state index in [0.29, 0.717) is 6.61 Å². The number of hydrogen-bond donors (Lipinski definition) is 1. The molecule has 25 heavy (non-hydrogen) atoms. The Hall–Kier alpha value is -2.41. The van der Waals surface area contributed by atoms with E-state index in [1.807, 2.05) is 37.3 Å². The number of esters is 3. The molecule has 1 aromatic rings. The molecule has 7 nitrogen and oxygen atoms in total. The molecule has 1 saturated heterocycles. The fraction of sp³-hybridized carbons (Fsp3) is 0.500. The van der Waals surface area contributed by atoms with Crippen LogP contribution in [0.5, 0.6) is 0 Å². The zero-order valence-corrected chi connectivity index (χ0v) is 14.2. The standard InChI is InChI=1S/C18H23NO6/c1-2-3-11-23-18(22)16-19-14(17(21)25-16)9-10-15(20)24-12-13-7-5-4-6-8-13/h4-8,14,16,19H,2-3,9-12H2,1H3. The van der Waals surface area contributed by atoms with Crippen LogP contribution in [0.25, 0.3) is 0 Å². The summed E-state index contributed by atoms with van der Waals surface area (Å²) < 4.78 is 15.1. The van der Waals surface area contributed by atoms with Crippen LogP contribution in [-0.2, 0) is 35.2 Å². The van der Waals surface area contributed by atoms with Crippen molar-refractivity contribution >= 4 is 17.9 Å². The first-order valence-electron chi connectivity index (χ1n) is 8.43. The van der Waals surface area contributed by atoms with Crippen molar-refractivity contribution in [3.8, 4) is 0 Å². The van der Waals surface area contributed by atoms with Crippen LogP contribution in [0, 0.1) is 0 Å². The molecule has 0 spiro atoms. The number of unbranched alkanes of at least 4 members (excludes halogenated alkanes) is 1. The summed E-state index contributed by atoms with van der Waals surface area (Å²) in [5.41, 5.74) is 0.893. The predicted octanol–water partition coefficient (Wildman–Crippen LogP) is 1.69. The second-order valence-electron chi connectivity index (χ2n) is 5.74. The number of cyclic esters (lactones) is 1. The van der Waals surface area contributed by atoms with Gasteiger partial charge in [-0.15, -0.1) is 0 Å². The zero-order chi connectivity index (χ0) is 18.1. The molecule has 1 aromatic carbocycles. The Morgan fingerprint density at radius 2 is 1.96 bits per heavy atom. The van der Waals surface area contributed by atoms with Crippen molar-refractivity contribution in [2.75, 3.05) is 6.61 Å². The Kier molecular flexibility index (Phi) is 7.40. The maximum atomic E-state index is 11.8. The first-order valence-corrected chi connectivity index (χ1v) is 8.43. The highest BCUT2D eigenvalue weighted by Gasteiger charge is 2.38. The van der Waals surface area contributed by atoms with E-state index in [9.17, 15) is 14.4 Å². The Balaban J connectivity index is 1.69. The summed E-state index contributed by atoms with van der Waals surface area (Å²) in [6.07, 6.45) is 0.805. The average molecular weight is 349 g/mol. The van der Waals surface area contributed by atoms with E-state index in [4.69, 9.17) is 14.2 Å². The average Bonchev–Trinajstić information content (AvgIpc) is 3.00. The number of benzene rings is 1. The molecule has 2 rings (SSSR count). The summed E-state index contributed by atoms with van der Waals surface area (Å²) in [4.78, 5) is 35.3. The number of carbonyl (C=O) groups excluding carboxylic acids is 3. The minimum absolute atomic E-state index is 0.0528. The Labute approximate surface area is 146 Å². The molecule has 1 N–H and O–H groups in total. The van der Waals surface area contributed by atoms with Gasteiger partial charge >= 0.3 is 17.9 Å². The molecule has 1 heterocycles. The SMILES string of the molecule is CCCCOC(=O)C1NC(CCC(=O)OCc2ccccc2)C(=O)O1. The minimum atomic E-state index is -1.10. The number of hydrogen-bond acceptors (Lipinski definition) is 7. The van der Waals surface area contributed by atoms with Gasteiger partial charge in [-0.3, -0.25) is 14.9 Å². The molecule has 0 saturated carbocycles. The molecule has 2 unspecified atom stereocenters. The van der Waals surface area contributed by atoms with E-state index in [1.54, 1.807) is 0 Å². The lowest BCUT2D eigenvalue weighted by atomic mass is 10.1. The maximum absolute atomic E-state index is 11.8. The summed E-state index contributed by atoms with van der Waals surface area (Å²) in [6, 6.07) is 8.61. The van der Waals surface area contributed by atoms with Crippen molar-refractivity contribution in [2.24, 2.45) is 0 Å². The van der Waals surface area contributed by atoms with Gasteiger partial charge in [0.2, 0.25) is 0 Å². The molecule has 0 aliphatic carbocycles. The van der Waals surface area contributed by atoms with Crippen molar-refractivity contribution in [3.05, 3.63) is 35.9 Å². The normalized spacial score (nSPS) is 19.3. The van der Waals surface area contributed by atoms with E-state index in [-0.39, 0.29) is 19.4 Å². The second-order valence-corrected chi connectivity index (χ2v) is 5.74. The third kappa shape index (κ3) is 6.19. The largest absolute Gasteiger partial charge is 0.462 e. The number of nitrogens with one attached hydrogen (secondary N) is 1. The van der Waals surface area contributed by atoms with Gasteiger partial charge in [-0.25, -0.2) is 4.79 Å². The lowest BCUT2D eigenvalue weighted by Gasteiger charge is -2.10. The van der Waals surface area contributed by atoms with E-state index >= 15 is 0 Å². The molecule has 0 radical (unpaired) electrons. The Bertz CT molecular complexity index is 588. The van der Waals surface area contributed by atoms with Gasteiger partial charge in [0.05, 0.1) is 6.61 Å². The van der Waals surface area contributed by atoms with Crippen molar-refractivity contribution < 1.29 is 28.6 Å². The van der Waals surface area contributed by atoms with Gasteiger partial charge in [-0.2, -0.15) is 0 Å². The molecule has 0 bridgehead atoms. The first kappa shape index (κ1) is 18.9. The third-order valence-corrected chi connectivity index (χ3v) is 3.71. The van der Waals surface area contributed by atoms with Crippen molar-refractivity contribution in [2.45, 2.75) is 51.5 Å². The van der Waals surface area contributed by atoms with Gasteiger partial charge in [0.25, 0.3) is 6.23 Å². The molecule has 1 aliphatic heterocycles. The summed E-state index contributed by atoms with van der Waals surface area (Å²) in [5.74, 6) is -1.59. The minimum Gasteiger partial charge on any atom is -0.462 e. The van der Waals surface area contributed by atoms with Crippen molar-refractivity contribution in [1.29, 1.82) is 0 Å². The summed E-state index contributed by atoms with van der Waals surface area (Å²) in [5, 5.41) is 2.74. The lowest BCUT2D eigenvalue weighted by Crippen LogP contribution is -2.38. The zero-order valence-electron chi connectivity index (χ0n) is 14.2. The van der Waals surface area contributed by atoms with Crippen LogP contribution in [-0.4, -0.2) is 36.8 Å². The van der Waals surface area contributed by atoms with E-state index in [0.717, 1.165) is 18.4 Å². The number of ether oxygens (including phenoxy) is 3. The molecule has 2 atom stereocenters. The van der Waals surface area contributed by atoms with Gasteiger partial charge in [0, 0.05) is 6.42 Å². The topological polar surface area (TPSA) is 90.9 Å². The van der Waals surface area contributed by atoms with Crippen LogP contribution in [0.15, 0.2) is 30.3 Å². The van der Waals surface area contributed by atoms with Crippen LogP contribution >= 0.6 is 0 Å². The monoisotopic (exact) mass is 349 g/mol. The van der Waals surface area contributed by atoms with Gasteiger partial charge in [-0.05, 0) is 18.4 Å². The lowest BCUT2D eigenvalue weighted by molar-refractivity contribution is -0.162. The Morgan fingerprint density at radius 1 is 1.20 bits per heavy atom. The summed E-state index contributed by atoms with van der Waals surface area (Å²) >= 11 is 0. The molecular formula is C18H23NO6. The van der Waals surface area contributed by atoms with Crippen LogP contribution in [0.4, 0.5) is 0 Å². The summed E-state index contributed by atoms with van der Waals surface area (Å²) in [6.45, 7) is 2.46. The van der Waals surface area contributed by atoms with E-state index < -0.39 is 30.2 Å². The molecule has 0 amide bonds. The second kappa shape index (κ2) is 9.78. The molecule has 1 fully saturated rings. The van der Waals surface area contributed by atoms with Crippen LogP contribution in [0.1, 0.15) is 38.2 Å². The highest BCUT2D eigenvalue weighted by molar-refractivity contribution is 5.86. The summed E-state index contributed by atoms with van der Waals surface area (Å²) in [7, 11) is 0.